The van der Waals surface area contributed by atoms with E-state index in [1.54, 1.807) is 12.1 Å². The van der Waals surface area contributed by atoms with Gasteiger partial charge in [-0.05, 0) is 31.2 Å². The number of rotatable bonds is 3. The van der Waals surface area contributed by atoms with Gasteiger partial charge in [0.05, 0.1) is 11.4 Å². The van der Waals surface area contributed by atoms with Crippen molar-refractivity contribution in [1.82, 2.24) is 9.97 Å². The lowest BCUT2D eigenvalue weighted by atomic mass is 10.1. The summed E-state index contributed by atoms with van der Waals surface area (Å²) in [5.74, 6) is 0.406. The maximum absolute atomic E-state index is 13.1. The molecule has 0 saturated carbocycles. The van der Waals surface area contributed by atoms with Crippen LogP contribution in [-0.4, -0.2) is 36.1 Å². The molecule has 0 bridgehead atoms. The molecule has 1 aliphatic heterocycles. The number of nitrogens with zero attached hydrogens (tertiary/aromatic N) is 5. The third-order valence-electron chi connectivity index (χ3n) is 4.98. The second-order valence-corrected chi connectivity index (χ2v) is 6.76. The molecule has 1 aliphatic rings. The van der Waals surface area contributed by atoms with E-state index < -0.39 is 0 Å². The Kier molecular flexibility index (Phi) is 4.90. The first-order chi connectivity index (χ1) is 13.7. The molecule has 3 aromatic rings. The van der Waals surface area contributed by atoms with E-state index in [9.17, 15) is 9.65 Å². The number of benzene rings is 2. The molecule has 0 radical (unpaired) electrons. The summed E-state index contributed by atoms with van der Waals surface area (Å²) in [5.41, 5.74) is 3.85. The zero-order valence-electron chi connectivity index (χ0n) is 15.6. The van der Waals surface area contributed by atoms with Gasteiger partial charge in [-0.25, -0.2) is 14.4 Å². The third kappa shape index (κ3) is 3.52. The first kappa shape index (κ1) is 17.9. The molecule has 5 nitrogen and oxygen atoms in total. The molecule has 0 aliphatic carbocycles. The van der Waals surface area contributed by atoms with Crippen molar-refractivity contribution in [2.24, 2.45) is 0 Å². The van der Waals surface area contributed by atoms with Gasteiger partial charge in [-0.3, -0.25) is 0 Å². The van der Waals surface area contributed by atoms with Crippen molar-refractivity contribution in [1.29, 1.82) is 5.26 Å². The molecule has 1 aromatic heterocycles. The highest BCUT2D eigenvalue weighted by Crippen LogP contribution is 2.26. The van der Waals surface area contributed by atoms with Crippen molar-refractivity contribution < 1.29 is 4.39 Å². The average Bonchev–Trinajstić information content (AvgIpc) is 2.75. The summed E-state index contributed by atoms with van der Waals surface area (Å²) in [6.45, 7) is 4.93. The molecule has 1 fully saturated rings. The van der Waals surface area contributed by atoms with Crippen molar-refractivity contribution in [2.75, 3.05) is 36.0 Å². The molecule has 2 aromatic carbocycles. The van der Waals surface area contributed by atoms with Crippen LogP contribution < -0.4 is 9.80 Å². The molecule has 0 spiro atoms. The summed E-state index contributed by atoms with van der Waals surface area (Å²) in [5, 5.41) is 9.64. The fraction of sp³-hybridized carbons (Fsp3) is 0.227. The number of aromatic nitrogens is 2. The molecule has 1 saturated heterocycles. The van der Waals surface area contributed by atoms with Crippen LogP contribution >= 0.6 is 0 Å². The molecule has 4 rings (SSSR count). The monoisotopic (exact) mass is 373 g/mol. The molecule has 0 unspecified atom stereocenters. The lowest BCUT2D eigenvalue weighted by Crippen LogP contribution is -2.47. The Hall–Kier alpha value is -3.46. The van der Waals surface area contributed by atoms with Gasteiger partial charge in [0.25, 0.3) is 0 Å². The Morgan fingerprint density at radius 3 is 2.18 bits per heavy atom. The van der Waals surface area contributed by atoms with Crippen LogP contribution in [0.4, 0.5) is 15.9 Å². The predicted octanol–water partition coefficient (Wildman–Crippen LogP) is 3.79. The maximum Gasteiger partial charge on any atom is 0.183 e. The zero-order chi connectivity index (χ0) is 19.5. The van der Waals surface area contributed by atoms with E-state index >= 15 is 0 Å². The number of hydrogen-bond donors (Lipinski definition) is 0. The van der Waals surface area contributed by atoms with E-state index in [-0.39, 0.29) is 5.82 Å². The number of aryl methyl sites for hydroxylation is 1. The molecule has 0 N–H and O–H groups in total. The number of anilines is 2. The predicted molar refractivity (Wildman–Crippen MR) is 108 cm³/mol. The first-order valence-electron chi connectivity index (χ1n) is 9.25. The maximum atomic E-state index is 13.1. The van der Waals surface area contributed by atoms with Crippen molar-refractivity contribution in [3.63, 3.8) is 0 Å². The summed E-state index contributed by atoms with van der Waals surface area (Å²) in [4.78, 5) is 13.6. The Labute approximate surface area is 163 Å². The van der Waals surface area contributed by atoms with E-state index in [0.717, 1.165) is 48.8 Å². The van der Waals surface area contributed by atoms with Gasteiger partial charge >= 0.3 is 0 Å². The molecule has 28 heavy (non-hydrogen) atoms. The molecule has 140 valence electrons. The molecule has 0 amide bonds. The van der Waals surface area contributed by atoms with Gasteiger partial charge in [0.2, 0.25) is 0 Å². The van der Waals surface area contributed by atoms with Crippen LogP contribution in [0.3, 0.4) is 0 Å². The van der Waals surface area contributed by atoms with E-state index in [1.807, 2.05) is 37.3 Å². The Morgan fingerprint density at radius 2 is 1.54 bits per heavy atom. The second kappa shape index (κ2) is 7.65. The zero-order valence-corrected chi connectivity index (χ0v) is 15.6. The SMILES string of the molecule is Cc1nc(N2CCN(c3ccc(F)cc3)CC2)c(C#N)nc1-c1ccccc1. The largest absolute Gasteiger partial charge is 0.368 e. The molecular weight excluding hydrogens is 353 g/mol. The van der Waals surface area contributed by atoms with E-state index in [4.69, 9.17) is 4.98 Å². The van der Waals surface area contributed by atoms with Crippen molar-refractivity contribution in [3.8, 4) is 17.3 Å². The quantitative estimate of drug-likeness (QED) is 0.699. The summed E-state index contributed by atoms with van der Waals surface area (Å²) < 4.78 is 13.1. The van der Waals surface area contributed by atoms with Crippen LogP contribution in [0.15, 0.2) is 54.6 Å². The topological polar surface area (TPSA) is 56.1 Å². The Balaban J connectivity index is 1.56. The van der Waals surface area contributed by atoms with Crippen LogP contribution in [0.25, 0.3) is 11.3 Å². The van der Waals surface area contributed by atoms with Gasteiger partial charge < -0.3 is 9.80 Å². The van der Waals surface area contributed by atoms with Crippen LogP contribution in [0.5, 0.6) is 0 Å². The molecule has 2 heterocycles. The van der Waals surface area contributed by atoms with Crippen LogP contribution in [-0.2, 0) is 0 Å². The van der Waals surface area contributed by atoms with Crippen LogP contribution in [0.2, 0.25) is 0 Å². The standard InChI is InChI=1S/C22H20FN5/c1-16-21(17-5-3-2-4-6-17)26-20(15-24)22(25-16)28-13-11-27(12-14-28)19-9-7-18(23)8-10-19/h2-10H,11-14H2,1H3. The molecular formula is C22H20FN5. The minimum Gasteiger partial charge on any atom is -0.368 e. The highest BCUT2D eigenvalue weighted by Gasteiger charge is 2.23. The highest BCUT2D eigenvalue weighted by molar-refractivity contribution is 5.65. The Bertz CT molecular complexity index is 1000. The van der Waals surface area contributed by atoms with E-state index in [0.29, 0.717) is 11.5 Å². The van der Waals surface area contributed by atoms with Gasteiger partial charge in [-0.2, -0.15) is 5.26 Å². The summed E-state index contributed by atoms with van der Waals surface area (Å²) in [6, 6.07) is 18.6. The lowest BCUT2D eigenvalue weighted by molar-refractivity contribution is 0.624. The third-order valence-corrected chi connectivity index (χ3v) is 4.98. The van der Waals surface area contributed by atoms with E-state index in [1.165, 1.54) is 12.1 Å². The van der Waals surface area contributed by atoms with Gasteiger partial charge in [-0.15, -0.1) is 0 Å². The van der Waals surface area contributed by atoms with Gasteiger partial charge in [0.15, 0.2) is 11.5 Å². The average molecular weight is 373 g/mol. The summed E-state index contributed by atoms with van der Waals surface area (Å²) in [6.07, 6.45) is 0. The van der Waals surface area contributed by atoms with Crippen molar-refractivity contribution in [2.45, 2.75) is 6.92 Å². The van der Waals surface area contributed by atoms with Crippen molar-refractivity contribution >= 4 is 11.5 Å². The molecule has 6 heteroatoms. The highest BCUT2D eigenvalue weighted by atomic mass is 19.1. The van der Waals surface area contributed by atoms with Crippen molar-refractivity contribution in [3.05, 3.63) is 71.8 Å². The smallest absolute Gasteiger partial charge is 0.183 e. The summed E-state index contributed by atoms with van der Waals surface area (Å²) in [7, 11) is 0. The fourth-order valence-electron chi connectivity index (χ4n) is 3.50. The number of nitriles is 1. The minimum atomic E-state index is -0.231. The number of piperazine rings is 1. The van der Waals surface area contributed by atoms with Gasteiger partial charge in [-0.1, -0.05) is 30.3 Å². The van der Waals surface area contributed by atoms with Gasteiger partial charge in [0.1, 0.15) is 11.9 Å². The van der Waals surface area contributed by atoms with Crippen LogP contribution in [0.1, 0.15) is 11.4 Å². The lowest BCUT2D eigenvalue weighted by Gasteiger charge is -2.37. The fourth-order valence-corrected chi connectivity index (χ4v) is 3.50. The summed E-state index contributed by atoms with van der Waals surface area (Å²) >= 11 is 0. The van der Waals surface area contributed by atoms with Gasteiger partial charge in [0, 0.05) is 37.4 Å². The Morgan fingerprint density at radius 1 is 0.893 bits per heavy atom. The molecule has 0 atom stereocenters. The normalized spacial score (nSPS) is 14.0. The van der Waals surface area contributed by atoms with E-state index in [2.05, 4.69) is 20.9 Å². The minimum absolute atomic E-state index is 0.231. The first-order valence-corrected chi connectivity index (χ1v) is 9.25. The second-order valence-electron chi connectivity index (χ2n) is 6.76. The number of halogens is 1. The number of hydrogen-bond acceptors (Lipinski definition) is 5. The van der Waals surface area contributed by atoms with Crippen LogP contribution in [0, 0.1) is 24.1 Å².